The van der Waals surface area contributed by atoms with E-state index in [2.05, 4.69) is 43.6 Å². The minimum Gasteiger partial charge on any atom is -0.371 e. The van der Waals surface area contributed by atoms with Crippen LogP contribution >= 0.6 is 0 Å². The number of amides is 2. The fraction of sp³-hybridized carbons (Fsp3) is 0.480. The Morgan fingerprint density at radius 1 is 0.938 bits per heavy atom. The maximum atomic E-state index is 12.5. The van der Waals surface area contributed by atoms with E-state index in [1.165, 1.54) is 5.56 Å². The van der Waals surface area contributed by atoms with Gasteiger partial charge in [0.25, 0.3) is 0 Å². The van der Waals surface area contributed by atoms with Gasteiger partial charge in [-0.1, -0.05) is 0 Å². The van der Waals surface area contributed by atoms with Gasteiger partial charge in [0.1, 0.15) is 0 Å². The predicted octanol–water partition coefficient (Wildman–Crippen LogP) is 2.93. The molecule has 3 heterocycles. The number of anilines is 1. The van der Waals surface area contributed by atoms with Gasteiger partial charge in [0.15, 0.2) is 0 Å². The van der Waals surface area contributed by atoms with E-state index in [0.717, 1.165) is 70.5 Å². The van der Waals surface area contributed by atoms with Crippen molar-refractivity contribution in [2.45, 2.75) is 44.2 Å². The highest BCUT2D eigenvalue weighted by Crippen LogP contribution is 2.20. The zero-order chi connectivity index (χ0) is 22.2. The van der Waals surface area contributed by atoms with Crippen LogP contribution in [-0.4, -0.2) is 60.7 Å². The summed E-state index contributed by atoms with van der Waals surface area (Å²) >= 11 is 0. The van der Waals surface area contributed by atoms with Gasteiger partial charge >= 0.3 is 6.03 Å². The molecule has 0 unspecified atom stereocenters. The molecule has 2 saturated heterocycles. The van der Waals surface area contributed by atoms with E-state index in [1.807, 2.05) is 36.7 Å². The lowest BCUT2D eigenvalue weighted by molar-refractivity contribution is 0.191. The summed E-state index contributed by atoms with van der Waals surface area (Å²) in [5, 5.41) is 15.3. The topological polar surface area (TPSA) is 84.3 Å². The lowest BCUT2D eigenvalue weighted by Gasteiger charge is -2.35. The molecule has 0 aliphatic carbocycles. The maximum absolute atomic E-state index is 12.5. The number of carbonyl (C=O) groups excluding carboxylic acids is 1. The largest absolute Gasteiger partial charge is 0.371 e. The van der Waals surface area contributed by atoms with Crippen LogP contribution in [0.5, 0.6) is 0 Å². The zero-order valence-corrected chi connectivity index (χ0v) is 18.5. The number of benzene rings is 1. The minimum absolute atomic E-state index is 0.0305. The Kier molecular flexibility index (Phi) is 7.57. The standard InChI is InChI=1S/C25H32N6O/c26-19-21-1-3-24(4-2-21)31-17-10-23(11-18-31)29-25(32)28-22-8-15-30(16-9-22)14-7-20-5-12-27-13-6-20/h1-6,12-13,22-23H,7-11,14-18H2,(H2,28,29,32). The van der Waals surface area contributed by atoms with E-state index in [4.69, 9.17) is 5.26 Å². The van der Waals surface area contributed by atoms with Crippen LogP contribution in [0.25, 0.3) is 0 Å². The van der Waals surface area contributed by atoms with Gasteiger partial charge in [-0.3, -0.25) is 4.98 Å². The van der Waals surface area contributed by atoms with E-state index in [-0.39, 0.29) is 18.1 Å². The SMILES string of the molecule is N#Cc1ccc(N2CCC(NC(=O)NC3CCN(CCc4ccncc4)CC3)CC2)cc1. The van der Waals surface area contributed by atoms with E-state index >= 15 is 0 Å². The molecule has 0 bridgehead atoms. The van der Waals surface area contributed by atoms with Crippen molar-refractivity contribution in [3.05, 3.63) is 59.9 Å². The molecule has 2 amide bonds. The summed E-state index contributed by atoms with van der Waals surface area (Å²) in [4.78, 5) is 21.4. The van der Waals surface area contributed by atoms with Crippen LogP contribution in [0.15, 0.2) is 48.8 Å². The average Bonchev–Trinajstić information content (AvgIpc) is 2.85. The lowest BCUT2D eigenvalue weighted by atomic mass is 10.0. The highest BCUT2D eigenvalue weighted by molar-refractivity contribution is 5.74. The first-order chi connectivity index (χ1) is 15.7. The number of pyridine rings is 1. The first-order valence-electron chi connectivity index (χ1n) is 11.6. The number of rotatable bonds is 6. The number of piperidine rings is 2. The summed E-state index contributed by atoms with van der Waals surface area (Å²) in [5.74, 6) is 0. The van der Waals surface area contributed by atoms with Crippen molar-refractivity contribution in [1.82, 2.24) is 20.5 Å². The molecule has 1 aromatic carbocycles. The summed E-state index contributed by atoms with van der Waals surface area (Å²) in [7, 11) is 0. The molecule has 0 spiro atoms. The van der Waals surface area contributed by atoms with Crippen LogP contribution < -0.4 is 15.5 Å². The van der Waals surface area contributed by atoms with Crippen molar-refractivity contribution in [3.8, 4) is 6.07 Å². The molecule has 0 saturated carbocycles. The van der Waals surface area contributed by atoms with Gasteiger partial charge in [-0.25, -0.2) is 4.79 Å². The molecule has 0 atom stereocenters. The van der Waals surface area contributed by atoms with Gasteiger partial charge in [-0.05, 0) is 74.1 Å². The number of aromatic nitrogens is 1. The van der Waals surface area contributed by atoms with E-state index < -0.39 is 0 Å². The molecule has 2 aromatic rings. The molecular weight excluding hydrogens is 400 g/mol. The zero-order valence-electron chi connectivity index (χ0n) is 18.5. The molecule has 0 radical (unpaired) electrons. The molecule has 2 aliphatic heterocycles. The highest BCUT2D eigenvalue weighted by atomic mass is 16.2. The number of carbonyl (C=O) groups is 1. The first kappa shape index (κ1) is 22.1. The van der Waals surface area contributed by atoms with Crippen molar-refractivity contribution in [1.29, 1.82) is 5.26 Å². The van der Waals surface area contributed by atoms with Crippen molar-refractivity contribution in [3.63, 3.8) is 0 Å². The molecular formula is C25H32N6O. The maximum Gasteiger partial charge on any atom is 0.315 e. The monoisotopic (exact) mass is 432 g/mol. The Labute approximate surface area is 190 Å². The molecule has 1 aromatic heterocycles. The fourth-order valence-electron chi connectivity index (χ4n) is 4.58. The second kappa shape index (κ2) is 11.0. The lowest BCUT2D eigenvalue weighted by Crippen LogP contribution is -2.52. The van der Waals surface area contributed by atoms with Crippen molar-refractivity contribution >= 4 is 11.7 Å². The molecule has 2 fully saturated rings. The Morgan fingerprint density at radius 2 is 1.53 bits per heavy atom. The summed E-state index contributed by atoms with van der Waals surface area (Å²) in [5.41, 5.74) is 3.15. The Hall–Kier alpha value is -3.11. The molecule has 2 aliphatic rings. The van der Waals surface area contributed by atoms with Crippen molar-refractivity contribution < 1.29 is 4.79 Å². The van der Waals surface area contributed by atoms with E-state index in [9.17, 15) is 4.79 Å². The molecule has 7 heteroatoms. The minimum atomic E-state index is -0.0305. The molecule has 2 N–H and O–H groups in total. The van der Waals surface area contributed by atoms with Crippen LogP contribution in [0.4, 0.5) is 10.5 Å². The van der Waals surface area contributed by atoms with E-state index in [0.29, 0.717) is 5.56 Å². The summed E-state index contributed by atoms with van der Waals surface area (Å²) in [6, 6.07) is 14.5. The van der Waals surface area contributed by atoms with Gasteiger partial charge in [-0.15, -0.1) is 0 Å². The fourth-order valence-corrected chi connectivity index (χ4v) is 4.58. The Morgan fingerprint density at radius 3 is 2.12 bits per heavy atom. The number of urea groups is 1. The normalized spacial score (nSPS) is 18.2. The third-order valence-electron chi connectivity index (χ3n) is 6.58. The predicted molar refractivity (Wildman–Crippen MR) is 125 cm³/mol. The second-order valence-electron chi connectivity index (χ2n) is 8.76. The van der Waals surface area contributed by atoms with Gasteiger partial charge in [0, 0.05) is 62.9 Å². The number of nitrogens with one attached hydrogen (secondary N) is 2. The van der Waals surface area contributed by atoms with Gasteiger partial charge < -0.3 is 20.4 Å². The average molecular weight is 433 g/mol. The van der Waals surface area contributed by atoms with Crippen LogP contribution in [0.1, 0.15) is 36.8 Å². The third-order valence-corrected chi connectivity index (χ3v) is 6.58. The van der Waals surface area contributed by atoms with Gasteiger partial charge in [-0.2, -0.15) is 5.26 Å². The smallest absolute Gasteiger partial charge is 0.315 e. The highest BCUT2D eigenvalue weighted by Gasteiger charge is 2.24. The van der Waals surface area contributed by atoms with Gasteiger partial charge in [0.05, 0.1) is 11.6 Å². The van der Waals surface area contributed by atoms with Gasteiger partial charge in [0.2, 0.25) is 0 Å². The molecule has 4 rings (SSSR count). The Bertz CT molecular complexity index is 894. The summed E-state index contributed by atoms with van der Waals surface area (Å²) < 4.78 is 0. The van der Waals surface area contributed by atoms with Crippen LogP contribution in [0.3, 0.4) is 0 Å². The van der Waals surface area contributed by atoms with Crippen molar-refractivity contribution in [2.24, 2.45) is 0 Å². The first-order valence-corrected chi connectivity index (χ1v) is 11.6. The number of nitriles is 1. The number of nitrogens with zero attached hydrogens (tertiary/aromatic N) is 4. The third kappa shape index (κ3) is 6.21. The number of hydrogen-bond acceptors (Lipinski definition) is 5. The van der Waals surface area contributed by atoms with Crippen molar-refractivity contribution in [2.75, 3.05) is 37.6 Å². The molecule has 7 nitrogen and oxygen atoms in total. The number of hydrogen-bond donors (Lipinski definition) is 2. The number of likely N-dealkylation sites (tertiary alicyclic amines) is 1. The van der Waals surface area contributed by atoms with Crippen LogP contribution in [-0.2, 0) is 6.42 Å². The van der Waals surface area contributed by atoms with E-state index in [1.54, 1.807) is 0 Å². The molecule has 32 heavy (non-hydrogen) atoms. The second-order valence-corrected chi connectivity index (χ2v) is 8.76. The Balaban J connectivity index is 1.12. The van der Waals surface area contributed by atoms with Crippen LogP contribution in [0.2, 0.25) is 0 Å². The van der Waals surface area contributed by atoms with Crippen LogP contribution in [0, 0.1) is 11.3 Å². The quantitative estimate of drug-likeness (QED) is 0.733. The summed E-state index contributed by atoms with van der Waals surface area (Å²) in [6.45, 7) is 4.93. The molecule has 168 valence electrons. The summed E-state index contributed by atoms with van der Waals surface area (Å²) in [6.07, 6.45) is 8.60.